The van der Waals surface area contributed by atoms with E-state index in [4.69, 9.17) is 9.72 Å². The van der Waals surface area contributed by atoms with Gasteiger partial charge in [-0.3, -0.25) is 0 Å². The van der Waals surface area contributed by atoms with Crippen LogP contribution >= 0.6 is 0 Å². The summed E-state index contributed by atoms with van der Waals surface area (Å²) in [5.74, 6) is 0.876. The van der Waals surface area contributed by atoms with Gasteiger partial charge in [-0.15, -0.1) is 0 Å². The molecule has 0 radical (unpaired) electrons. The van der Waals surface area contributed by atoms with E-state index in [9.17, 15) is 5.11 Å². The van der Waals surface area contributed by atoms with Crippen molar-refractivity contribution in [2.24, 2.45) is 0 Å². The molecule has 0 bridgehead atoms. The third-order valence-electron chi connectivity index (χ3n) is 3.25. The van der Waals surface area contributed by atoms with Crippen molar-refractivity contribution in [1.82, 2.24) is 4.98 Å². The Hall–Kier alpha value is -1.13. The number of aliphatic hydroxyl groups excluding tert-OH is 1. The zero-order valence-corrected chi connectivity index (χ0v) is 12.9. The first-order chi connectivity index (χ1) is 8.79. The third-order valence-corrected chi connectivity index (χ3v) is 3.25. The molecular weight excluding hydrogens is 240 g/mol. The summed E-state index contributed by atoms with van der Waals surface area (Å²) in [7, 11) is 3.70. The van der Waals surface area contributed by atoms with Crippen LogP contribution in [0.5, 0.6) is 0 Å². The van der Waals surface area contributed by atoms with E-state index >= 15 is 0 Å². The van der Waals surface area contributed by atoms with Gasteiger partial charge in [-0.2, -0.15) is 0 Å². The number of rotatable bonds is 5. The van der Waals surface area contributed by atoms with Crippen molar-refractivity contribution in [3.05, 3.63) is 23.4 Å². The number of methoxy groups -OCH3 is 1. The molecule has 1 rings (SSSR count). The van der Waals surface area contributed by atoms with Gasteiger partial charge in [-0.25, -0.2) is 4.98 Å². The number of hydrogen-bond acceptors (Lipinski definition) is 4. The van der Waals surface area contributed by atoms with Crippen LogP contribution < -0.4 is 4.90 Å². The van der Waals surface area contributed by atoms with Crippen molar-refractivity contribution in [3.63, 3.8) is 0 Å². The second-order valence-corrected chi connectivity index (χ2v) is 6.04. The van der Waals surface area contributed by atoms with E-state index in [1.165, 1.54) is 0 Å². The van der Waals surface area contributed by atoms with Crippen LogP contribution in [0.3, 0.4) is 0 Å². The van der Waals surface area contributed by atoms with Gasteiger partial charge in [0.2, 0.25) is 0 Å². The van der Waals surface area contributed by atoms with Crippen molar-refractivity contribution < 1.29 is 9.84 Å². The SMILES string of the molecule is COCC(C)N(C)c1cc(CO)cc(C(C)(C)C)n1. The van der Waals surface area contributed by atoms with Gasteiger partial charge in [0.05, 0.1) is 19.3 Å². The molecule has 4 heteroatoms. The van der Waals surface area contributed by atoms with E-state index in [0.717, 1.165) is 17.1 Å². The molecule has 1 unspecified atom stereocenters. The lowest BCUT2D eigenvalue weighted by Crippen LogP contribution is -2.33. The first-order valence-electron chi connectivity index (χ1n) is 6.63. The highest BCUT2D eigenvalue weighted by molar-refractivity contribution is 5.44. The molecule has 0 fully saturated rings. The first-order valence-corrected chi connectivity index (χ1v) is 6.63. The van der Waals surface area contributed by atoms with Gasteiger partial charge in [-0.05, 0) is 24.6 Å². The van der Waals surface area contributed by atoms with Crippen molar-refractivity contribution in [2.45, 2.75) is 45.8 Å². The fraction of sp³-hybridized carbons (Fsp3) is 0.667. The van der Waals surface area contributed by atoms with E-state index in [2.05, 4.69) is 32.6 Å². The van der Waals surface area contributed by atoms with Gasteiger partial charge in [0, 0.05) is 25.3 Å². The highest BCUT2D eigenvalue weighted by Crippen LogP contribution is 2.25. The van der Waals surface area contributed by atoms with Gasteiger partial charge in [0.1, 0.15) is 5.82 Å². The predicted molar refractivity (Wildman–Crippen MR) is 78.6 cm³/mol. The zero-order chi connectivity index (χ0) is 14.6. The standard InChI is InChI=1S/C15H26N2O2/c1-11(10-19-6)17(5)14-8-12(9-18)7-13(16-14)15(2,3)4/h7-8,11,18H,9-10H2,1-6H3. The number of hydrogen-bond donors (Lipinski definition) is 1. The van der Waals surface area contributed by atoms with E-state index in [-0.39, 0.29) is 18.1 Å². The molecular formula is C15H26N2O2. The minimum absolute atomic E-state index is 0.0328. The molecule has 0 saturated carbocycles. The molecule has 0 amide bonds. The number of ether oxygens (including phenoxy) is 1. The predicted octanol–water partition coefficient (Wildman–Crippen LogP) is 2.34. The Morgan fingerprint density at radius 3 is 2.47 bits per heavy atom. The zero-order valence-electron chi connectivity index (χ0n) is 12.9. The molecule has 4 nitrogen and oxygen atoms in total. The van der Waals surface area contributed by atoms with Gasteiger partial charge in [0.15, 0.2) is 0 Å². The van der Waals surface area contributed by atoms with Crippen LogP contribution in [0.2, 0.25) is 0 Å². The van der Waals surface area contributed by atoms with Crippen LogP contribution in [-0.2, 0) is 16.8 Å². The van der Waals surface area contributed by atoms with Crippen molar-refractivity contribution in [2.75, 3.05) is 25.7 Å². The number of aliphatic hydroxyl groups is 1. The minimum Gasteiger partial charge on any atom is -0.392 e. The summed E-state index contributed by atoms with van der Waals surface area (Å²) in [5, 5.41) is 9.40. The molecule has 0 aliphatic carbocycles. The van der Waals surface area contributed by atoms with Crippen LogP contribution in [0.15, 0.2) is 12.1 Å². The summed E-state index contributed by atoms with van der Waals surface area (Å²) in [6, 6.07) is 4.14. The molecule has 0 saturated heterocycles. The number of pyridine rings is 1. The van der Waals surface area contributed by atoms with Crippen molar-refractivity contribution >= 4 is 5.82 Å². The first kappa shape index (κ1) is 15.9. The normalized spacial score (nSPS) is 13.4. The van der Waals surface area contributed by atoms with Gasteiger partial charge in [-0.1, -0.05) is 20.8 Å². The highest BCUT2D eigenvalue weighted by atomic mass is 16.5. The molecule has 0 aliphatic rings. The Morgan fingerprint density at radius 2 is 2.00 bits per heavy atom. The fourth-order valence-corrected chi connectivity index (χ4v) is 1.81. The molecule has 0 aliphatic heterocycles. The molecule has 1 heterocycles. The van der Waals surface area contributed by atoms with Crippen molar-refractivity contribution in [1.29, 1.82) is 0 Å². The maximum absolute atomic E-state index is 9.40. The second kappa shape index (κ2) is 6.35. The summed E-state index contributed by atoms with van der Waals surface area (Å²) >= 11 is 0. The quantitative estimate of drug-likeness (QED) is 0.888. The van der Waals surface area contributed by atoms with Gasteiger partial charge in [0.25, 0.3) is 0 Å². The molecule has 19 heavy (non-hydrogen) atoms. The Morgan fingerprint density at radius 1 is 1.37 bits per heavy atom. The second-order valence-electron chi connectivity index (χ2n) is 6.04. The Balaban J connectivity index is 3.13. The Labute approximate surface area is 116 Å². The minimum atomic E-state index is -0.0364. The lowest BCUT2D eigenvalue weighted by atomic mass is 9.91. The van der Waals surface area contributed by atoms with Gasteiger partial charge >= 0.3 is 0 Å². The van der Waals surface area contributed by atoms with E-state index in [0.29, 0.717) is 6.61 Å². The third kappa shape index (κ3) is 4.18. The Bertz CT molecular complexity index is 413. The monoisotopic (exact) mass is 266 g/mol. The topological polar surface area (TPSA) is 45.6 Å². The number of likely N-dealkylation sites (N-methyl/N-ethyl adjacent to an activating group) is 1. The van der Waals surface area contributed by atoms with Crippen molar-refractivity contribution in [3.8, 4) is 0 Å². The molecule has 1 N–H and O–H groups in total. The molecule has 0 spiro atoms. The molecule has 0 aromatic carbocycles. The summed E-state index contributed by atoms with van der Waals surface area (Å²) in [4.78, 5) is 6.80. The maximum Gasteiger partial charge on any atom is 0.129 e. The van der Waals surface area contributed by atoms with Crippen LogP contribution in [0.4, 0.5) is 5.82 Å². The molecule has 1 aromatic heterocycles. The van der Waals surface area contributed by atoms with Gasteiger partial charge < -0.3 is 14.7 Å². The average molecular weight is 266 g/mol. The average Bonchev–Trinajstić information content (AvgIpc) is 2.36. The fourth-order valence-electron chi connectivity index (χ4n) is 1.81. The smallest absolute Gasteiger partial charge is 0.129 e. The molecule has 108 valence electrons. The molecule has 1 atom stereocenters. The van der Waals surface area contributed by atoms with Crippen LogP contribution in [0.25, 0.3) is 0 Å². The lowest BCUT2D eigenvalue weighted by Gasteiger charge is -2.28. The largest absolute Gasteiger partial charge is 0.392 e. The maximum atomic E-state index is 9.40. The highest BCUT2D eigenvalue weighted by Gasteiger charge is 2.19. The summed E-state index contributed by atoms with van der Waals surface area (Å²) < 4.78 is 5.18. The van der Waals surface area contributed by atoms with E-state index < -0.39 is 0 Å². The molecule has 1 aromatic rings. The van der Waals surface area contributed by atoms with Crippen LogP contribution in [0, 0.1) is 0 Å². The number of aromatic nitrogens is 1. The van der Waals surface area contributed by atoms with Crippen LogP contribution in [0.1, 0.15) is 39.0 Å². The van der Waals surface area contributed by atoms with E-state index in [1.54, 1.807) is 7.11 Å². The lowest BCUT2D eigenvalue weighted by molar-refractivity contribution is 0.183. The van der Waals surface area contributed by atoms with Crippen LogP contribution in [-0.4, -0.2) is 36.9 Å². The number of nitrogens with zero attached hydrogens (tertiary/aromatic N) is 2. The van der Waals surface area contributed by atoms with E-state index in [1.807, 2.05) is 19.2 Å². The summed E-state index contributed by atoms with van der Waals surface area (Å²) in [5.41, 5.74) is 1.85. The Kier molecular flexibility index (Phi) is 5.32. The number of anilines is 1. The summed E-state index contributed by atoms with van der Waals surface area (Å²) in [6.07, 6.45) is 0. The summed E-state index contributed by atoms with van der Waals surface area (Å²) in [6.45, 7) is 9.14.